The molecule has 2 aromatic rings. The predicted octanol–water partition coefficient (Wildman–Crippen LogP) is 3.10. The van der Waals surface area contributed by atoms with Crippen LogP contribution in [0.1, 0.15) is 30.5 Å². The molecule has 1 atom stereocenters. The van der Waals surface area contributed by atoms with Gasteiger partial charge >= 0.3 is 0 Å². The van der Waals surface area contributed by atoms with Gasteiger partial charge in [0.15, 0.2) is 5.13 Å². The second-order valence-corrected chi connectivity index (χ2v) is 5.54. The van der Waals surface area contributed by atoms with Crippen LogP contribution in [0, 0.1) is 0 Å². The van der Waals surface area contributed by atoms with Crippen LogP contribution in [0.3, 0.4) is 0 Å². The third kappa shape index (κ3) is 2.68. The highest BCUT2D eigenvalue weighted by Crippen LogP contribution is 2.28. The summed E-state index contributed by atoms with van der Waals surface area (Å²) in [6.45, 7) is 6.25. The highest BCUT2D eigenvalue weighted by atomic mass is 32.1. The van der Waals surface area contributed by atoms with Gasteiger partial charge in [0.25, 0.3) is 0 Å². The van der Waals surface area contributed by atoms with E-state index >= 15 is 0 Å². The molecule has 0 aromatic carbocycles. The number of thiophene rings is 1. The zero-order valence-corrected chi connectivity index (χ0v) is 11.7. The molecule has 2 aromatic heterocycles. The number of aromatic nitrogens is 1. The highest BCUT2D eigenvalue weighted by molar-refractivity contribution is 7.13. The van der Waals surface area contributed by atoms with Crippen LogP contribution in [0.15, 0.2) is 22.9 Å². The maximum absolute atomic E-state index is 6.19. The summed E-state index contributed by atoms with van der Waals surface area (Å²) in [5.41, 5.74) is 7.16. The first-order chi connectivity index (χ1) is 8.26. The van der Waals surface area contributed by atoms with Gasteiger partial charge in [-0.15, -0.1) is 22.7 Å². The standard InChI is InChI=1S/C12H17N3S2/c1-3-15(4-2)12-14-9(8-17-12)11(13)10-6-5-7-16-10/h5-8,11H,3-4,13H2,1-2H3. The molecule has 92 valence electrons. The van der Waals surface area contributed by atoms with Gasteiger partial charge < -0.3 is 10.6 Å². The molecule has 0 spiro atoms. The van der Waals surface area contributed by atoms with Gasteiger partial charge in [-0.1, -0.05) is 6.07 Å². The van der Waals surface area contributed by atoms with Crippen LogP contribution in [-0.4, -0.2) is 18.1 Å². The summed E-state index contributed by atoms with van der Waals surface area (Å²) in [7, 11) is 0. The number of thiazole rings is 1. The Bertz CT molecular complexity index is 446. The summed E-state index contributed by atoms with van der Waals surface area (Å²) in [5, 5.41) is 5.18. The summed E-state index contributed by atoms with van der Waals surface area (Å²) in [6.07, 6.45) is 0. The van der Waals surface area contributed by atoms with E-state index in [4.69, 9.17) is 5.73 Å². The molecule has 0 radical (unpaired) electrons. The quantitative estimate of drug-likeness (QED) is 0.905. The molecule has 2 rings (SSSR count). The van der Waals surface area contributed by atoms with E-state index in [0.29, 0.717) is 0 Å². The van der Waals surface area contributed by atoms with Crippen LogP contribution >= 0.6 is 22.7 Å². The molecule has 0 amide bonds. The lowest BCUT2D eigenvalue weighted by atomic mass is 10.2. The highest BCUT2D eigenvalue weighted by Gasteiger charge is 2.15. The summed E-state index contributed by atoms with van der Waals surface area (Å²) in [6, 6.07) is 4.00. The average Bonchev–Trinajstić information content (AvgIpc) is 3.01. The van der Waals surface area contributed by atoms with Gasteiger partial charge in [-0.2, -0.15) is 0 Å². The Labute approximate surface area is 110 Å². The first kappa shape index (κ1) is 12.5. The van der Waals surface area contributed by atoms with Crippen LogP contribution in [0.5, 0.6) is 0 Å². The smallest absolute Gasteiger partial charge is 0.185 e. The van der Waals surface area contributed by atoms with Crippen molar-refractivity contribution in [2.45, 2.75) is 19.9 Å². The minimum atomic E-state index is -0.0874. The van der Waals surface area contributed by atoms with Crippen molar-refractivity contribution in [3.8, 4) is 0 Å². The van der Waals surface area contributed by atoms with E-state index in [0.717, 1.165) is 23.9 Å². The van der Waals surface area contributed by atoms with E-state index in [-0.39, 0.29) is 6.04 Å². The maximum Gasteiger partial charge on any atom is 0.185 e. The van der Waals surface area contributed by atoms with E-state index in [1.165, 1.54) is 4.88 Å². The Hall–Kier alpha value is -0.910. The fourth-order valence-corrected chi connectivity index (χ4v) is 3.40. The van der Waals surface area contributed by atoms with Crippen molar-refractivity contribution < 1.29 is 0 Å². The molecule has 0 bridgehead atoms. The van der Waals surface area contributed by atoms with Crippen molar-refractivity contribution in [2.24, 2.45) is 5.73 Å². The van der Waals surface area contributed by atoms with Gasteiger partial charge in [0, 0.05) is 23.3 Å². The molecular weight excluding hydrogens is 250 g/mol. The Morgan fingerprint density at radius 3 is 2.71 bits per heavy atom. The lowest BCUT2D eigenvalue weighted by molar-refractivity contribution is 0.825. The van der Waals surface area contributed by atoms with Gasteiger partial charge in [0.1, 0.15) is 0 Å². The fraction of sp³-hybridized carbons (Fsp3) is 0.417. The Morgan fingerprint density at radius 1 is 1.35 bits per heavy atom. The molecule has 5 heteroatoms. The molecule has 2 N–H and O–H groups in total. The number of nitrogens with two attached hydrogens (primary N) is 1. The van der Waals surface area contributed by atoms with Gasteiger partial charge in [-0.3, -0.25) is 0 Å². The SMILES string of the molecule is CCN(CC)c1nc(C(N)c2cccs2)cs1. The molecule has 1 unspecified atom stereocenters. The van der Waals surface area contributed by atoms with Gasteiger partial charge in [-0.05, 0) is 25.3 Å². The molecule has 2 heterocycles. The number of nitrogens with zero attached hydrogens (tertiary/aromatic N) is 2. The van der Waals surface area contributed by atoms with Crippen LogP contribution in [-0.2, 0) is 0 Å². The number of hydrogen-bond donors (Lipinski definition) is 1. The zero-order chi connectivity index (χ0) is 12.3. The lowest BCUT2D eigenvalue weighted by Crippen LogP contribution is -2.22. The fourth-order valence-electron chi connectivity index (χ4n) is 1.67. The normalized spacial score (nSPS) is 12.6. The molecule has 0 aliphatic rings. The summed E-state index contributed by atoms with van der Waals surface area (Å²) in [4.78, 5) is 8.05. The molecule has 3 nitrogen and oxygen atoms in total. The van der Waals surface area contributed by atoms with E-state index in [9.17, 15) is 0 Å². The average molecular weight is 267 g/mol. The number of anilines is 1. The molecular formula is C12H17N3S2. The summed E-state index contributed by atoms with van der Waals surface area (Å²) < 4.78 is 0. The molecule has 0 saturated carbocycles. The van der Waals surface area contributed by atoms with Crippen molar-refractivity contribution in [1.82, 2.24) is 4.98 Å². The summed E-state index contributed by atoms with van der Waals surface area (Å²) in [5.74, 6) is 0. The van der Waals surface area contributed by atoms with Crippen molar-refractivity contribution in [1.29, 1.82) is 0 Å². The van der Waals surface area contributed by atoms with Gasteiger partial charge in [-0.25, -0.2) is 4.98 Å². The third-order valence-corrected chi connectivity index (χ3v) is 4.59. The van der Waals surface area contributed by atoms with E-state index in [1.807, 2.05) is 11.4 Å². The molecule has 0 saturated heterocycles. The second kappa shape index (κ2) is 5.62. The largest absolute Gasteiger partial charge is 0.349 e. The van der Waals surface area contributed by atoms with E-state index in [1.54, 1.807) is 22.7 Å². The zero-order valence-electron chi connectivity index (χ0n) is 10.1. The van der Waals surface area contributed by atoms with E-state index in [2.05, 4.69) is 35.2 Å². The topological polar surface area (TPSA) is 42.2 Å². The minimum absolute atomic E-state index is 0.0874. The van der Waals surface area contributed by atoms with Crippen LogP contribution in [0.2, 0.25) is 0 Å². The second-order valence-electron chi connectivity index (χ2n) is 3.72. The molecule has 0 aliphatic heterocycles. The first-order valence-electron chi connectivity index (χ1n) is 5.75. The van der Waals surface area contributed by atoms with Crippen molar-refractivity contribution in [2.75, 3.05) is 18.0 Å². The maximum atomic E-state index is 6.19. The summed E-state index contributed by atoms with van der Waals surface area (Å²) >= 11 is 3.35. The van der Waals surface area contributed by atoms with Gasteiger partial charge in [0.05, 0.1) is 11.7 Å². The van der Waals surface area contributed by atoms with Gasteiger partial charge in [0.2, 0.25) is 0 Å². The van der Waals surface area contributed by atoms with Crippen molar-refractivity contribution in [3.63, 3.8) is 0 Å². The van der Waals surface area contributed by atoms with Crippen LogP contribution in [0.25, 0.3) is 0 Å². The molecule has 0 fully saturated rings. The predicted molar refractivity (Wildman–Crippen MR) is 76.0 cm³/mol. The Morgan fingerprint density at radius 2 is 2.12 bits per heavy atom. The lowest BCUT2D eigenvalue weighted by Gasteiger charge is -2.16. The van der Waals surface area contributed by atoms with Crippen LogP contribution in [0.4, 0.5) is 5.13 Å². The van der Waals surface area contributed by atoms with Crippen LogP contribution < -0.4 is 10.6 Å². The first-order valence-corrected chi connectivity index (χ1v) is 7.51. The number of hydrogen-bond acceptors (Lipinski definition) is 5. The molecule has 17 heavy (non-hydrogen) atoms. The molecule has 0 aliphatic carbocycles. The Kier molecular flexibility index (Phi) is 4.15. The van der Waals surface area contributed by atoms with Crippen molar-refractivity contribution >= 4 is 27.8 Å². The Balaban J connectivity index is 2.18. The minimum Gasteiger partial charge on any atom is -0.349 e. The van der Waals surface area contributed by atoms with Crippen molar-refractivity contribution in [3.05, 3.63) is 33.5 Å². The van der Waals surface area contributed by atoms with E-state index < -0.39 is 0 Å². The monoisotopic (exact) mass is 267 g/mol. The third-order valence-electron chi connectivity index (χ3n) is 2.71. The number of rotatable bonds is 5.